The van der Waals surface area contributed by atoms with Crippen molar-refractivity contribution in [1.82, 2.24) is 0 Å². The van der Waals surface area contributed by atoms with Crippen LogP contribution in [0.15, 0.2) is 12.1 Å². The van der Waals surface area contributed by atoms with Gasteiger partial charge in [-0.1, -0.05) is 18.5 Å². The van der Waals surface area contributed by atoms with E-state index in [1.807, 2.05) is 0 Å². The quantitative estimate of drug-likeness (QED) is 0.810. The van der Waals surface area contributed by atoms with Crippen LogP contribution < -0.4 is 0 Å². The van der Waals surface area contributed by atoms with Gasteiger partial charge in [-0.2, -0.15) is 0 Å². The maximum absolute atomic E-state index is 6.45. The zero-order chi connectivity index (χ0) is 12.6. The van der Waals surface area contributed by atoms with Gasteiger partial charge >= 0.3 is 0 Å². The summed E-state index contributed by atoms with van der Waals surface area (Å²) in [6.07, 6.45) is 5.64. The maximum Gasteiger partial charge on any atom is 0.196 e. The Hall–Kier alpha value is -0.570. The van der Waals surface area contributed by atoms with Crippen molar-refractivity contribution >= 4 is 11.6 Å². The molecule has 0 amide bonds. The molecule has 1 aliphatic carbocycles. The van der Waals surface area contributed by atoms with Gasteiger partial charge in [-0.15, -0.1) is 0 Å². The molecule has 0 aromatic heterocycles. The summed E-state index contributed by atoms with van der Waals surface area (Å²) in [7, 11) is 0. The highest BCUT2D eigenvalue weighted by atomic mass is 35.5. The van der Waals surface area contributed by atoms with Crippen molar-refractivity contribution in [2.45, 2.75) is 44.8 Å². The van der Waals surface area contributed by atoms with Crippen molar-refractivity contribution in [1.29, 1.82) is 0 Å². The Labute approximate surface area is 113 Å². The molecule has 0 N–H and O–H groups in total. The van der Waals surface area contributed by atoms with Gasteiger partial charge in [0.05, 0.1) is 13.2 Å². The third-order valence-corrected chi connectivity index (χ3v) is 4.37. The molecule has 1 fully saturated rings. The molecule has 2 nitrogen and oxygen atoms in total. The summed E-state index contributed by atoms with van der Waals surface area (Å²) in [6, 6.07) is 4.33. The SMILES string of the molecule is CCC1(c2cc3c(cc2Cl)CCCC3)OCCO1. The lowest BCUT2D eigenvalue weighted by Crippen LogP contribution is -2.27. The molecule has 0 spiro atoms. The van der Waals surface area contributed by atoms with Crippen molar-refractivity contribution in [2.24, 2.45) is 0 Å². The number of ether oxygens (including phenoxy) is 2. The number of fused-ring (bicyclic) bond motifs is 1. The van der Waals surface area contributed by atoms with Gasteiger partial charge in [-0.05, 0) is 48.9 Å². The number of rotatable bonds is 2. The Balaban J connectivity index is 2.05. The maximum atomic E-state index is 6.45. The largest absolute Gasteiger partial charge is 0.343 e. The van der Waals surface area contributed by atoms with Crippen molar-refractivity contribution in [2.75, 3.05) is 13.2 Å². The van der Waals surface area contributed by atoms with Gasteiger partial charge in [0.15, 0.2) is 5.79 Å². The van der Waals surface area contributed by atoms with Crippen LogP contribution in [0.25, 0.3) is 0 Å². The molecule has 1 aromatic carbocycles. The average molecular weight is 267 g/mol. The lowest BCUT2D eigenvalue weighted by molar-refractivity contribution is -0.167. The van der Waals surface area contributed by atoms with Gasteiger partial charge in [0.1, 0.15) is 0 Å². The van der Waals surface area contributed by atoms with E-state index in [9.17, 15) is 0 Å². The Morgan fingerprint density at radius 3 is 2.33 bits per heavy atom. The normalized spacial score (nSPS) is 21.9. The van der Waals surface area contributed by atoms with Gasteiger partial charge in [0.2, 0.25) is 0 Å². The number of halogens is 1. The molecule has 3 rings (SSSR count). The molecule has 1 aromatic rings. The van der Waals surface area contributed by atoms with Gasteiger partial charge in [-0.25, -0.2) is 0 Å². The molecule has 0 bridgehead atoms. The van der Waals surface area contributed by atoms with Crippen LogP contribution in [0.2, 0.25) is 5.02 Å². The van der Waals surface area contributed by atoms with Crippen LogP contribution in [-0.4, -0.2) is 13.2 Å². The molecule has 98 valence electrons. The van der Waals surface area contributed by atoms with E-state index in [2.05, 4.69) is 19.1 Å². The first-order valence-electron chi connectivity index (χ1n) is 6.85. The van der Waals surface area contributed by atoms with Crippen LogP contribution in [0.4, 0.5) is 0 Å². The van der Waals surface area contributed by atoms with Crippen molar-refractivity contribution < 1.29 is 9.47 Å². The average Bonchev–Trinajstić information content (AvgIpc) is 2.88. The molecule has 0 radical (unpaired) electrons. The van der Waals surface area contributed by atoms with Crippen LogP contribution in [0.3, 0.4) is 0 Å². The second-order valence-electron chi connectivity index (χ2n) is 5.11. The third kappa shape index (κ3) is 1.97. The summed E-state index contributed by atoms with van der Waals surface area (Å²) < 4.78 is 11.7. The predicted octanol–water partition coefficient (Wildman–Crippen LogP) is 3.83. The minimum absolute atomic E-state index is 0.608. The predicted molar refractivity (Wildman–Crippen MR) is 72.0 cm³/mol. The van der Waals surface area contributed by atoms with E-state index in [4.69, 9.17) is 21.1 Å². The van der Waals surface area contributed by atoms with E-state index in [-0.39, 0.29) is 0 Å². The molecule has 18 heavy (non-hydrogen) atoms. The van der Waals surface area contributed by atoms with Crippen LogP contribution in [0, 0.1) is 0 Å². The number of hydrogen-bond acceptors (Lipinski definition) is 2. The summed E-state index contributed by atoms with van der Waals surface area (Å²) in [6.45, 7) is 3.39. The van der Waals surface area contributed by atoms with Crippen LogP contribution in [-0.2, 0) is 28.1 Å². The molecule has 0 atom stereocenters. The lowest BCUT2D eigenvalue weighted by atomic mass is 9.88. The fraction of sp³-hybridized carbons (Fsp3) is 0.600. The summed E-state index contributed by atoms with van der Waals surface area (Å²) in [5.74, 6) is -0.608. The first kappa shape index (κ1) is 12.5. The highest BCUT2D eigenvalue weighted by Crippen LogP contribution is 2.40. The monoisotopic (exact) mass is 266 g/mol. The van der Waals surface area contributed by atoms with Gasteiger partial charge in [0.25, 0.3) is 0 Å². The van der Waals surface area contributed by atoms with Gasteiger partial charge in [0, 0.05) is 17.0 Å². The Morgan fingerprint density at radius 2 is 1.72 bits per heavy atom. The van der Waals surface area contributed by atoms with Crippen LogP contribution in [0.1, 0.15) is 42.9 Å². The van der Waals surface area contributed by atoms with Crippen LogP contribution >= 0.6 is 11.6 Å². The van der Waals surface area contributed by atoms with Gasteiger partial charge in [-0.3, -0.25) is 0 Å². The van der Waals surface area contributed by atoms with Crippen molar-refractivity contribution in [3.05, 3.63) is 33.8 Å². The second-order valence-corrected chi connectivity index (χ2v) is 5.52. The van der Waals surface area contributed by atoms with Crippen LogP contribution in [0.5, 0.6) is 0 Å². The molecule has 2 aliphatic rings. The fourth-order valence-corrected chi connectivity index (χ4v) is 3.38. The third-order valence-electron chi connectivity index (χ3n) is 4.06. The zero-order valence-corrected chi connectivity index (χ0v) is 11.6. The van der Waals surface area contributed by atoms with Gasteiger partial charge < -0.3 is 9.47 Å². The highest BCUT2D eigenvalue weighted by Gasteiger charge is 2.39. The first-order chi connectivity index (χ1) is 8.75. The zero-order valence-electron chi connectivity index (χ0n) is 10.8. The number of hydrogen-bond donors (Lipinski definition) is 0. The first-order valence-corrected chi connectivity index (χ1v) is 7.23. The van der Waals surface area contributed by atoms with E-state index in [1.165, 1.54) is 24.0 Å². The molecular weight excluding hydrogens is 248 g/mol. The fourth-order valence-electron chi connectivity index (χ4n) is 3.05. The van der Waals surface area contributed by atoms with E-state index >= 15 is 0 Å². The van der Waals surface area contributed by atoms with E-state index in [0.717, 1.165) is 29.8 Å². The standard InChI is InChI=1S/C15H19ClO2/c1-2-15(17-7-8-18-15)13-9-11-5-3-4-6-12(11)10-14(13)16/h9-10H,2-8H2,1H3. The van der Waals surface area contributed by atoms with E-state index in [1.54, 1.807) is 0 Å². The Bertz CT molecular complexity index is 450. The van der Waals surface area contributed by atoms with Crippen molar-refractivity contribution in [3.63, 3.8) is 0 Å². The summed E-state index contributed by atoms with van der Waals surface area (Å²) in [4.78, 5) is 0. The highest BCUT2D eigenvalue weighted by molar-refractivity contribution is 6.31. The molecule has 0 saturated carbocycles. The van der Waals surface area contributed by atoms with E-state index in [0.29, 0.717) is 13.2 Å². The molecular formula is C15H19ClO2. The number of benzene rings is 1. The summed E-state index contributed by atoms with van der Waals surface area (Å²) >= 11 is 6.45. The Morgan fingerprint density at radius 1 is 1.11 bits per heavy atom. The smallest absolute Gasteiger partial charge is 0.196 e. The van der Waals surface area contributed by atoms with Crippen molar-refractivity contribution in [3.8, 4) is 0 Å². The second kappa shape index (κ2) is 4.84. The molecule has 1 heterocycles. The molecule has 3 heteroatoms. The molecule has 1 aliphatic heterocycles. The minimum atomic E-state index is -0.608. The van der Waals surface area contributed by atoms with E-state index < -0.39 is 5.79 Å². The molecule has 1 saturated heterocycles. The Kier molecular flexibility index (Phi) is 3.35. The molecule has 0 unspecified atom stereocenters. The minimum Gasteiger partial charge on any atom is -0.343 e. The lowest BCUT2D eigenvalue weighted by Gasteiger charge is -2.29. The summed E-state index contributed by atoms with van der Waals surface area (Å²) in [5.41, 5.74) is 3.84. The number of aryl methyl sites for hydroxylation is 2. The summed E-state index contributed by atoms with van der Waals surface area (Å²) in [5, 5.41) is 0.791. The topological polar surface area (TPSA) is 18.5 Å².